The number of anilines is 1. The second-order valence-electron chi connectivity index (χ2n) is 5.37. The van der Waals surface area contributed by atoms with Crippen LogP contribution in [0.25, 0.3) is 0 Å². The summed E-state index contributed by atoms with van der Waals surface area (Å²) in [6.45, 7) is 0.710. The summed E-state index contributed by atoms with van der Waals surface area (Å²) in [6.07, 6.45) is 5.02. The fourth-order valence-corrected chi connectivity index (χ4v) is 3.94. The molecule has 5 atom stereocenters. The van der Waals surface area contributed by atoms with Gasteiger partial charge in [-0.3, -0.25) is 5.32 Å². The number of amides is 2. The quantitative estimate of drug-likeness (QED) is 0.874. The minimum Gasteiger partial charge on any atom is -0.374 e. The first kappa shape index (κ1) is 10.8. The van der Waals surface area contributed by atoms with E-state index in [1.807, 2.05) is 5.38 Å². The fraction of sp³-hybridized carbons (Fsp3) is 0.667. The second-order valence-corrected chi connectivity index (χ2v) is 6.27. The molecule has 2 amide bonds. The Kier molecular flexibility index (Phi) is 2.35. The SMILES string of the molecule is O=C(NC[C@@H]1C[C@@H]2O[C@H]1[C@H]1C[C@H]12)Nc1nccs1. The van der Waals surface area contributed by atoms with Crippen molar-refractivity contribution >= 4 is 22.5 Å². The molecule has 0 radical (unpaired) electrons. The predicted molar refractivity (Wildman–Crippen MR) is 67.5 cm³/mol. The highest BCUT2D eigenvalue weighted by Crippen LogP contribution is 2.60. The monoisotopic (exact) mass is 265 g/mol. The molecule has 0 aromatic carbocycles. The highest BCUT2D eigenvalue weighted by Gasteiger charge is 2.62. The molecule has 6 heteroatoms. The first-order valence-corrected chi connectivity index (χ1v) is 7.29. The summed E-state index contributed by atoms with van der Waals surface area (Å²) in [6, 6.07) is -0.167. The number of fused-ring (bicyclic) bond motifs is 5. The molecule has 5 nitrogen and oxygen atoms in total. The van der Waals surface area contributed by atoms with Gasteiger partial charge >= 0.3 is 6.03 Å². The fourth-order valence-electron chi connectivity index (χ4n) is 3.42. The third-order valence-corrected chi connectivity index (χ3v) is 4.99. The zero-order valence-corrected chi connectivity index (χ0v) is 10.7. The zero-order chi connectivity index (χ0) is 12.1. The van der Waals surface area contributed by atoms with Crippen molar-refractivity contribution in [3.8, 4) is 0 Å². The van der Waals surface area contributed by atoms with Crippen LogP contribution < -0.4 is 10.6 Å². The maximum Gasteiger partial charge on any atom is 0.321 e. The van der Waals surface area contributed by atoms with E-state index in [0.29, 0.717) is 29.8 Å². The van der Waals surface area contributed by atoms with Gasteiger partial charge in [-0.25, -0.2) is 9.78 Å². The van der Waals surface area contributed by atoms with Crippen molar-refractivity contribution in [2.24, 2.45) is 17.8 Å². The first-order valence-electron chi connectivity index (χ1n) is 6.41. The van der Waals surface area contributed by atoms with Gasteiger partial charge in [0.15, 0.2) is 5.13 Å². The topological polar surface area (TPSA) is 63.2 Å². The standard InChI is InChI=1S/C12H15N3O2S/c16-11(15-12-13-1-2-18-12)14-5-6-3-9-7-4-8(7)10(6)17-9/h1-2,6-10H,3-5H2,(H2,13,14,15,16)/t6-,7+,8-,9-,10+/m0/s1. The molecule has 3 fully saturated rings. The lowest BCUT2D eigenvalue weighted by atomic mass is 9.89. The van der Waals surface area contributed by atoms with Crippen LogP contribution in [0, 0.1) is 17.8 Å². The average Bonchev–Trinajstić information content (AvgIpc) is 2.76. The summed E-state index contributed by atoms with van der Waals surface area (Å²) < 4.78 is 5.90. The van der Waals surface area contributed by atoms with Crippen LogP contribution in [0.3, 0.4) is 0 Å². The van der Waals surface area contributed by atoms with Crippen LogP contribution in [-0.2, 0) is 4.74 Å². The summed E-state index contributed by atoms with van der Waals surface area (Å²) in [5.74, 6) is 2.13. The van der Waals surface area contributed by atoms with Crippen molar-refractivity contribution < 1.29 is 9.53 Å². The molecule has 2 N–H and O–H groups in total. The van der Waals surface area contributed by atoms with E-state index in [1.54, 1.807) is 6.20 Å². The summed E-state index contributed by atoms with van der Waals surface area (Å²) in [5, 5.41) is 8.13. The molecule has 3 aliphatic rings. The van der Waals surface area contributed by atoms with Crippen molar-refractivity contribution in [2.75, 3.05) is 11.9 Å². The van der Waals surface area contributed by atoms with E-state index in [1.165, 1.54) is 17.8 Å². The zero-order valence-electron chi connectivity index (χ0n) is 9.83. The number of urea groups is 1. The summed E-state index contributed by atoms with van der Waals surface area (Å²) in [7, 11) is 0. The second kappa shape index (κ2) is 3.93. The Labute approximate surface area is 109 Å². The Bertz CT molecular complexity index is 464. The van der Waals surface area contributed by atoms with Crippen molar-refractivity contribution in [2.45, 2.75) is 25.0 Å². The van der Waals surface area contributed by atoms with Gasteiger partial charge in [0, 0.05) is 24.0 Å². The lowest BCUT2D eigenvalue weighted by Gasteiger charge is -2.18. The molecular weight excluding hydrogens is 250 g/mol. The van der Waals surface area contributed by atoms with Crippen molar-refractivity contribution in [3.05, 3.63) is 11.6 Å². The number of hydrogen-bond acceptors (Lipinski definition) is 4. The van der Waals surface area contributed by atoms with E-state index < -0.39 is 0 Å². The van der Waals surface area contributed by atoms with Crippen LogP contribution in [-0.4, -0.2) is 29.8 Å². The number of nitrogens with one attached hydrogen (secondary N) is 2. The molecule has 18 heavy (non-hydrogen) atoms. The molecule has 2 saturated heterocycles. The predicted octanol–water partition coefficient (Wildman–Crippen LogP) is 1.69. The maximum absolute atomic E-state index is 11.7. The molecule has 3 heterocycles. The number of carbonyl (C=O) groups is 1. The van der Waals surface area contributed by atoms with E-state index >= 15 is 0 Å². The number of hydrogen-bond donors (Lipinski definition) is 2. The molecule has 1 aromatic rings. The van der Waals surface area contributed by atoms with Crippen molar-refractivity contribution in [3.63, 3.8) is 0 Å². The van der Waals surface area contributed by atoms with Crippen LogP contribution in [0.4, 0.5) is 9.93 Å². The average molecular weight is 265 g/mol. The number of carbonyl (C=O) groups excluding carboxylic acids is 1. The van der Waals surface area contributed by atoms with Crippen LogP contribution in [0.1, 0.15) is 12.8 Å². The Morgan fingerprint density at radius 1 is 1.50 bits per heavy atom. The number of rotatable bonds is 3. The van der Waals surface area contributed by atoms with Gasteiger partial charge in [0.1, 0.15) is 0 Å². The molecule has 0 spiro atoms. The summed E-state index contributed by atoms with van der Waals surface area (Å²) >= 11 is 1.42. The van der Waals surface area contributed by atoms with E-state index in [4.69, 9.17) is 4.74 Å². The molecule has 2 bridgehead atoms. The third-order valence-electron chi connectivity index (χ3n) is 4.30. The summed E-state index contributed by atoms with van der Waals surface area (Å²) in [4.78, 5) is 15.7. The van der Waals surface area contributed by atoms with Crippen LogP contribution in [0.15, 0.2) is 11.6 Å². The molecule has 96 valence electrons. The summed E-state index contributed by atoms with van der Waals surface area (Å²) in [5.41, 5.74) is 0. The lowest BCUT2D eigenvalue weighted by molar-refractivity contribution is 0.0614. The number of aromatic nitrogens is 1. The number of nitrogens with zero attached hydrogens (tertiary/aromatic N) is 1. The van der Waals surface area contributed by atoms with Gasteiger partial charge in [-0.05, 0) is 24.7 Å². The number of thiazole rings is 1. The van der Waals surface area contributed by atoms with Crippen LogP contribution >= 0.6 is 11.3 Å². The van der Waals surface area contributed by atoms with Gasteiger partial charge < -0.3 is 10.1 Å². The van der Waals surface area contributed by atoms with E-state index in [9.17, 15) is 4.79 Å². The van der Waals surface area contributed by atoms with E-state index in [0.717, 1.165) is 18.3 Å². The van der Waals surface area contributed by atoms with E-state index in [-0.39, 0.29) is 6.03 Å². The van der Waals surface area contributed by atoms with Gasteiger partial charge in [0.25, 0.3) is 0 Å². The minimum absolute atomic E-state index is 0.167. The van der Waals surface area contributed by atoms with Gasteiger partial charge in [-0.2, -0.15) is 0 Å². The van der Waals surface area contributed by atoms with Crippen molar-refractivity contribution in [1.82, 2.24) is 10.3 Å². The van der Waals surface area contributed by atoms with Crippen molar-refractivity contribution in [1.29, 1.82) is 0 Å². The lowest BCUT2D eigenvalue weighted by Crippen LogP contribution is -2.36. The molecule has 1 aliphatic carbocycles. The van der Waals surface area contributed by atoms with Gasteiger partial charge in [0.2, 0.25) is 0 Å². The Morgan fingerprint density at radius 2 is 2.44 bits per heavy atom. The highest BCUT2D eigenvalue weighted by molar-refractivity contribution is 7.13. The smallest absolute Gasteiger partial charge is 0.321 e. The van der Waals surface area contributed by atoms with Gasteiger partial charge in [-0.15, -0.1) is 11.3 Å². The Balaban J connectivity index is 1.28. The Morgan fingerprint density at radius 3 is 3.17 bits per heavy atom. The highest BCUT2D eigenvalue weighted by atomic mass is 32.1. The maximum atomic E-state index is 11.7. The normalized spacial score (nSPS) is 39.4. The first-order chi connectivity index (χ1) is 8.81. The van der Waals surface area contributed by atoms with Gasteiger partial charge in [-0.1, -0.05) is 0 Å². The molecule has 0 unspecified atom stereocenters. The molecular formula is C12H15N3O2S. The van der Waals surface area contributed by atoms with Gasteiger partial charge in [0.05, 0.1) is 12.2 Å². The molecule has 1 aromatic heterocycles. The third kappa shape index (κ3) is 1.71. The van der Waals surface area contributed by atoms with Crippen LogP contribution in [0.2, 0.25) is 0 Å². The molecule has 4 rings (SSSR count). The number of ether oxygens (including phenoxy) is 1. The van der Waals surface area contributed by atoms with Crippen LogP contribution in [0.5, 0.6) is 0 Å². The molecule has 2 aliphatic heterocycles. The largest absolute Gasteiger partial charge is 0.374 e. The Hall–Kier alpha value is -1.14. The minimum atomic E-state index is -0.167. The van der Waals surface area contributed by atoms with E-state index in [2.05, 4.69) is 15.6 Å². The molecule has 1 saturated carbocycles.